The van der Waals surface area contributed by atoms with E-state index in [0.717, 1.165) is 5.56 Å². The summed E-state index contributed by atoms with van der Waals surface area (Å²) in [5.74, 6) is -0.191. The molecule has 1 aromatic heterocycles. The van der Waals surface area contributed by atoms with Crippen molar-refractivity contribution in [1.82, 2.24) is 4.90 Å². The number of esters is 1. The Labute approximate surface area is 159 Å². The summed E-state index contributed by atoms with van der Waals surface area (Å²) in [5, 5.41) is 2.06. The highest BCUT2D eigenvalue weighted by Gasteiger charge is 2.19. The quantitative estimate of drug-likeness (QED) is 0.596. The molecule has 0 saturated heterocycles. The number of hydrogen-bond acceptors (Lipinski definition) is 4. The minimum absolute atomic E-state index is 0.106. The number of amides is 1. The molecule has 0 N–H and O–H groups in total. The Morgan fingerprint density at radius 1 is 1.19 bits per heavy atom. The summed E-state index contributed by atoms with van der Waals surface area (Å²) >= 11 is 1.70. The van der Waals surface area contributed by atoms with Gasteiger partial charge in [0.25, 0.3) is 0 Å². The van der Waals surface area contributed by atoms with E-state index >= 15 is 0 Å². The van der Waals surface area contributed by atoms with E-state index in [1.54, 1.807) is 23.2 Å². The minimum Gasteiger partial charge on any atom is -0.466 e. The molecule has 2 rings (SSSR count). The number of carbonyl (C=O) groups excluding carboxylic acids is 2. The van der Waals surface area contributed by atoms with Crippen LogP contribution in [0.15, 0.2) is 41.8 Å². The van der Waals surface area contributed by atoms with Gasteiger partial charge in [-0.3, -0.25) is 9.59 Å². The summed E-state index contributed by atoms with van der Waals surface area (Å²) in [6.07, 6.45) is 1.73. The van der Waals surface area contributed by atoms with Gasteiger partial charge in [0, 0.05) is 30.8 Å². The maximum Gasteiger partial charge on any atom is 0.305 e. The Morgan fingerprint density at radius 3 is 2.65 bits per heavy atom. The molecule has 4 nitrogen and oxygen atoms in total. The summed E-state index contributed by atoms with van der Waals surface area (Å²) in [7, 11) is 1.84. The molecule has 26 heavy (non-hydrogen) atoms. The van der Waals surface area contributed by atoms with Crippen molar-refractivity contribution in [3.63, 3.8) is 0 Å². The second kappa shape index (κ2) is 10.1. The Morgan fingerprint density at radius 2 is 1.96 bits per heavy atom. The molecule has 0 bridgehead atoms. The lowest BCUT2D eigenvalue weighted by Gasteiger charge is -2.22. The van der Waals surface area contributed by atoms with E-state index in [1.807, 2.05) is 32.2 Å². The van der Waals surface area contributed by atoms with Crippen molar-refractivity contribution in [2.24, 2.45) is 5.92 Å². The molecule has 1 aromatic carbocycles. The molecule has 1 atom stereocenters. The topological polar surface area (TPSA) is 46.6 Å². The van der Waals surface area contributed by atoms with E-state index in [2.05, 4.69) is 23.6 Å². The average molecular weight is 374 g/mol. The maximum absolute atomic E-state index is 12.7. The smallest absolute Gasteiger partial charge is 0.305 e. The zero-order valence-corrected chi connectivity index (χ0v) is 16.6. The zero-order valence-electron chi connectivity index (χ0n) is 15.7. The van der Waals surface area contributed by atoms with Gasteiger partial charge in [-0.2, -0.15) is 0 Å². The maximum atomic E-state index is 12.7. The molecule has 0 radical (unpaired) electrons. The predicted octanol–water partition coefficient (Wildman–Crippen LogP) is 4.74. The Bertz CT molecular complexity index is 712. The number of hydrogen-bond donors (Lipinski definition) is 0. The van der Waals surface area contributed by atoms with Gasteiger partial charge in [0.1, 0.15) is 0 Å². The standard InChI is InChI=1S/C21H27NO3S/c1-4-25-20(23)13-7-9-16(2)21(24)22(3)15-17-10-5-6-11-18(17)19-12-8-14-26-19/h5-6,8,10-12,14,16H,4,7,9,13,15H2,1-3H3. The van der Waals surface area contributed by atoms with Crippen LogP contribution in [0.25, 0.3) is 10.4 Å². The first kappa shape index (κ1) is 20.2. The second-order valence-electron chi connectivity index (χ2n) is 6.43. The van der Waals surface area contributed by atoms with Gasteiger partial charge in [-0.05, 0) is 42.3 Å². The summed E-state index contributed by atoms with van der Waals surface area (Å²) in [4.78, 5) is 27.1. The molecule has 0 aliphatic heterocycles. The molecular weight excluding hydrogens is 346 g/mol. The van der Waals surface area contributed by atoms with Crippen LogP contribution in [-0.2, 0) is 20.9 Å². The fourth-order valence-corrected chi connectivity index (χ4v) is 3.74. The van der Waals surface area contributed by atoms with Crippen molar-refractivity contribution < 1.29 is 14.3 Å². The average Bonchev–Trinajstić information content (AvgIpc) is 3.16. The Hall–Kier alpha value is -2.14. The number of nitrogens with zero attached hydrogens (tertiary/aromatic N) is 1. The number of rotatable bonds is 9. The molecule has 140 valence electrons. The van der Waals surface area contributed by atoms with Gasteiger partial charge in [-0.25, -0.2) is 0 Å². The molecule has 0 fully saturated rings. The largest absolute Gasteiger partial charge is 0.466 e. The predicted molar refractivity (Wildman–Crippen MR) is 106 cm³/mol. The van der Waals surface area contributed by atoms with Crippen LogP contribution in [0.5, 0.6) is 0 Å². The third kappa shape index (κ3) is 5.70. The Kier molecular flexibility index (Phi) is 7.85. The van der Waals surface area contributed by atoms with Gasteiger partial charge in [-0.1, -0.05) is 37.3 Å². The van der Waals surface area contributed by atoms with E-state index < -0.39 is 0 Å². The number of thiophene rings is 1. The summed E-state index contributed by atoms with van der Waals surface area (Å²) in [6.45, 7) is 4.71. The van der Waals surface area contributed by atoms with Crippen molar-refractivity contribution in [2.45, 2.75) is 39.7 Å². The summed E-state index contributed by atoms with van der Waals surface area (Å²) in [5.41, 5.74) is 2.32. The highest BCUT2D eigenvalue weighted by atomic mass is 32.1. The van der Waals surface area contributed by atoms with Crippen molar-refractivity contribution in [3.8, 4) is 10.4 Å². The van der Waals surface area contributed by atoms with Crippen LogP contribution < -0.4 is 0 Å². The van der Waals surface area contributed by atoms with Crippen LogP contribution >= 0.6 is 11.3 Å². The molecule has 1 heterocycles. The third-order valence-electron chi connectivity index (χ3n) is 4.33. The molecule has 5 heteroatoms. The molecule has 0 saturated carbocycles. The lowest BCUT2D eigenvalue weighted by molar-refractivity contribution is -0.143. The molecule has 0 aliphatic carbocycles. The van der Waals surface area contributed by atoms with Crippen LogP contribution in [-0.4, -0.2) is 30.4 Å². The second-order valence-corrected chi connectivity index (χ2v) is 7.37. The van der Waals surface area contributed by atoms with E-state index in [0.29, 0.717) is 32.4 Å². The summed E-state index contributed by atoms with van der Waals surface area (Å²) < 4.78 is 4.93. The number of benzene rings is 1. The lowest BCUT2D eigenvalue weighted by Crippen LogP contribution is -2.31. The first-order valence-corrected chi connectivity index (χ1v) is 9.93. The normalized spacial score (nSPS) is 11.8. The van der Waals surface area contributed by atoms with Crippen molar-refractivity contribution in [2.75, 3.05) is 13.7 Å². The number of carbonyl (C=O) groups is 2. The van der Waals surface area contributed by atoms with Gasteiger partial charge in [-0.15, -0.1) is 11.3 Å². The molecule has 2 aromatic rings. The molecule has 0 spiro atoms. The highest BCUT2D eigenvalue weighted by molar-refractivity contribution is 7.13. The SMILES string of the molecule is CCOC(=O)CCCC(C)C(=O)N(C)Cc1ccccc1-c1cccs1. The monoisotopic (exact) mass is 373 g/mol. The van der Waals surface area contributed by atoms with E-state index in [1.165, 1.54) is 10.4 Å². The van der Waals surface area contributed by atoms with Gasteiger partial charge in [0.15, 0.2) is 0 Å². The van der Waals surface area contributed by atoms with Gasteiger partial charge in [0.2, 0.25) is 5.91 Å². The van der Waals surface area contributed by atoms with Crippen molar-refractivity contribution in [3.05, 3.63) is 47.3 Å². The van der Waals surface area contributed by atoms with E-state index in [9.17, 15) is 9.59 Å². The third-order valence-corrected chi connectivity index (χ3v) is 5.24. The fraction of sp³-hybridized carbons (Fsp3) is 0.429. The highest BCUT2D eigenvalue weighted by Crippen LogP contribution is 2.29. The lowest BCUT2D eigenvalue weighted by atomic mass is 10.0. The Balaban J connectivity index is 1.92. The molecule has 1 amide bonds. The molecule has 1 unspecified atom stereocenters. The van der Waals surface area contributed by atoms with Gasteiger partial charge >= 0.3 is 5.97 Å². The first-order chi connectivity index (χ1) is 12.5. The number of ether oxygens (including phenoxy) is 1. The zero-order chi connectivity index (χ0) is 18.9. The van der Waals surface area contributed by atoms with Gasteiger partial charge in [0.05, 0.1) is 6.61 Å². The van der Waals surface area contributed by atoms with Crippen LogP contribution in [0.4, 0.5) is 0 Å². The van der Waals surface area contributed by atoms with Crippen LogP contribution in [0, 0.1) is 5.92 Å². The van der Waals surface area contributed by atoms with Crippen LogP contribution in [0.1, 0.15) is 38.7 Å². The van der Waals surface area contributed by atoms with Crippen molar-refractivity contribution in [1.29, 1.82) is 0 Å². The van der Waals surface area contributed by atoms with Gasteiger partial charge < -0.3 is 9.64 Å². The molecule has 0 aliphatic rings. The first-order valence-electron chi connectivity index (χ1n) is 9.05. The molecular formula is C21H27NO3S. The van der Waals surface area contributed by atoms with E-state index in [4.69, 9.17) is 4.74 Å². The van der Waals surface area contributed by atoms with Crippen LogP contribution in [0.2, 0.25) is 0 Å². The fourth-order valence-electron chi connectivity index (χ4n) is 2.95. The van der Waals surface area contributed by atoms with Crippen LogP contribution in [0.3, 0.4) is 0 Å². The summed E-state index contributed by atoms with van der Waals surface area (Å²) in [6, 6.07) is 12.3. The minimum atomic E-state index is -0.189. The van der Waals surface area contributed by atoms with Crippen molar-refractivity contribution >= 4 is 23.2 Å². The van der Waals surface area contributed by atoms with E-state index in [-0.39, 0.29) is 17.8 Å².